The quantitative estimate of drug-likeness (QED) is 0.856. The van der Waals surface area contributed by atoms with E-state index < -0.39 is 11.6 Å². The highest BCUT2D eigenvalue weighted by molar-refractivity contribution is 5.53. The third-order valence-electron chi connectivity index (χ3n) is 2.13. The van der Waals surface area contributed by atoms with Crippen molar-refractivity contribution in [2.24, 2.45) is 5.73 Å². The standard InChI is InChI=1S/C10H10F2N4O/c1-5-2-7(12)8(3-6(5)11)14-10-16-15-9(4-13)17-10/h2-3H,4,13H2,1H3,(H,14,16). The molecule has 1 aromatic carbocycles. The fourth-order valence-electron chi connectivity index (χ4n) is 1.24. The van der Waals surface area contributed by atoms with Gasteiger partial charge in [-0.15, -0.1) is 5.10 Å². The monoisotopic (exact) mass is 240 g/mol. The van der Waals surface area contributed by atoms with Crippen LogP contribution in [0, 0.1) is 18.6 Å². The van der Waals surface area contributed by atoms with Crippen LogP contribution in [0.4, 0.5) is 20.5 Å². The molecule has 0 unspecified atom stereocenters. The minimum Gasteiger partial charge on any atom is -0.406 e. The second-order valence-corrected chi connectivity index (χ2v) is 3.41. The molecular formula is C10H10F2N4O. The molecule has 0 atom stereocenters. The molecule has 0 saturated carbocycles. The molecule has 90 valence electrons. The summed E-state index contributed by atoms with van der Waals surface area (Å²) in [5.41, 5.74) is 5.43. The van der Waals surface area contributed by atoms with Gasteiger partial charge in [0, 0.05) is 6.07 Å². The van der Waals surface area contributed by atoms with Crippen molar-refractivity contribution in [3.63, 3.8) is 0 Å². The van der Waals surface area contributed by atoms with Crippen LogP contribution in [0.1, 0.15) is 11.5 Å². The molecule has 1 aromatic heterocycles. The summed E-state index contributed by atoms with van der Waals surface area (Å²) in [7, 11) is 0. The van der Waals surface area contributed by atoms with Gasteiger partial charge < -0.3 is 15.5 Å². The molecule has 0 amide bonds. The first-order valence-corrected chi connectivity index (χ1v) is 4.85. The number of nitrogens with zero attached hydrogens (tertiary/aromatic N) is 2. The Bertz CT molecular complexity index is 541. The second kappa shape index (κ2) is 4.46. The van der Waals surface area contributed by atoms with E-state index in [0.29, 0.717) is 0 Å². The van der Waals surface area contributed by atoms with E-state index in [1.54, 1.807) is 0 Å². The first-order valence-electron chi connectivity index (χ1n) is 4.85. The lowest BCUT2D eigenvalue weighted by molar-refractivity contribution is 0.510. The lowest BCUT2D eigenvalue weighted by Gasteiger charge is -2.04. The molecule has 2 rings (SSSR count). The highest BCUT2D eigenvalue weighted by Gasteiger charge is 2.10. The molecule has 2 aromatic rings. The number of rotatable bonds is 3. The lowest BCUT2D eigenvalue weighted by Crippen LogP contribution is -1.97. The molecule has 0 saturated heterocycles. The van der Waals surface area contributed by atoms with E-state index in [1.165, 1.54) is 6.92 Å². The number of nitrogens with one attached hydrogen (secondary N) is 1. The molecule has 0 fully saturated rings. The van der Waals surface area contributed by atoms with Gasteiger partial charge in [-0.05, 0) is 18.6 Å². The van der Waals surface area contributed by atoms with Crippen LogP contribution in [0.15, 0.2) is 16.5 Å². The Hall–Kier alpha value is -2.02. The number of hydrogen-bond acceptors (Lipinski definition) is 5. The van der Waals surface area contributed by atoms with Crippen molar-refractivity contribution >= 4 is 11.7 Å². The van der Waals surface area contributed by atoms with Crippen LogP contribution in [0.3, 0.4) is 0 Å². The minimum absolute atomic E-state index is 0.0346. The van der Waals surface area contributed by atoms with Crippen LogP contribution >= 0.6 is 0 Å². The van der Waals surface area contributed by atoms with Gasteiger partial charge in [0.1, 0.15) is 11.6 Å². The Morgan fingerprint density at radius 1 is 1.29 bits per heavy atom. The number of hydrogen-bond donors (Lipinski definition) is 2. The minimum atomic E-state index is -0.601. The van der Waals surface area contributed by atoms with Crippen molar-refractivity contribution in [2.75, 3.05) is 5.32 Å². The zero-order valence-electron chi connectivity index (χ0n) is 9.00. The highest BCUT2D eigenvalue weighted by Crippen LogP contribution is 2.22. The molecule has 17 heavy (non-hydrogen) atoms. The average molecular weight is 240 g/mol. The molecule has 0 aliphatic rings. The van der Waals surface area contributed by atoms with Crippen molar-refractivity contribution < 1.29 is 13.2 Å². The summed E-state index contributed by atoms with van der Waals surface area (Å²) in [6, 6.07) is 2.07. The first-order chi connectivity index (χ1) is 8.10. The van der Waals surface area contributed by atoms with Crippen LogP contribution in [0.2, 0.25) is 0 Å². The molecule has 0 spiro atoms. The number of halogens is 2. The third-order valence-corrected chi connectivity index (χ3v) is 2.13. The SMILES string of the molecule is Cc1cc(F)c(Nc2nnc(CN)o2)cc1F. The van der Waals surface area contributed by atoms with Gasteiger partial charge in [-0.1, -0.05) is 5.10 Å². The molecule has 7 heteroatoms. The highest BCUT2D eigenvalue weighted by atomic mass is 19.1. The van der Waals surface area contributed by atoms with Gasteiger partial charge in [0.15, 0.2) is 0 Å². The predicted octanol–water partition coefficient (Wildman–Crippen LogP) is 1.86. The number of aromatic nitrogens is 2. The summed E-state index contributed by atoms with van der Waals surface area (Å²) in [4.78, 5) is 0. The summed E-state index contributed by atoms with van der Waals surface area (Å²) in [6.45, 7) is 1.56. The van der Waals surface area contributed by atoms with E-state index in [0.717, 1.165) is 12.1 Å². The topological polar surface area (TPSA) is 77.0 Å². The van der Waals surface area contributed by atoms with Crippen LogP contribution in [-0.4, -0.2) is 10.2 Å². The molecular weight excluding hydrogens is 230 g/mol. The molecule has 0 aliphatic carbocycles. The maximum Gasteiger partial charge on any atom is 0.320 e. The van der Waals surface area contributed by atoms with Crippen molar-refractivity contribution in [1.29, 1.82) is 0 Å². The van der Waals surface area contributed by atoms with Crippen molar-refractivity contribution in [2.45, 2.75) is 13.5 Å². The van der Waals surface area contributed by atoms with Gasteiger partial charge in [-0.2, -0.15) is 0 Å². The van der Waals surface area contributed by atoms with Crippen molar-refractivity contribution in [1.82, 2.24) is 10.2 Å². The predicted molar refractivity (Wildman–Crippen MR) is 56.6 cm³/mol. The summed E-state index contributed by atoms with van der Waals surface area (Å²) >= 11 is 0. The molecule has 0 aliphatic heterocycles. The zero-order chi connectivity index (χ0) is 12.4. The Kier molecular flexibility index (Phi) is 3.01. The number of benzene rings is 1. The number of aryl methyl sites for hydroxylation is 1. The van der Waals surface area contributed by atoms with E-state index in [2.05, 4.69) is 15.5 Å². The van der Waals surface area contributed by atoms with Crippen molar-refractivity contribution in [3.05, 3.63) is 35.2 Å². The molecule has 3 N–H and O–H groups in total. The maximum atomic E-state index is 13.5. The Morgan fingerprint density at radius 3 is 2.71 bits per heavy atom. The van der Waals surface area contributed by atoms with E-state index >= 15 is 0 Å². The lowest BCUT2D eigenvalue weighted by atomic mass is 10.2. The van der Waals surface area contributed by atoms with E-state index in [1.807, 2.05) is 0 Å². The van der Waals surface area contributed by atoms with Crippen LogP contribution in [-0.2, 0) is 6.54 Å². The Labute approximate surface area is 95.6 Å². The van der Waals surface area contributed by atoms with Crippen LogP contribution < -0.4 is 11.1 Å². The summed E-state index contributed by atoms with van der Waals surface area (Å²) in [5, 5.41) is 9.64. The van der Waals surface area contributed by atoms with E-state index in [-0.39, 0.29) is 29.7 Å². The maximum absolute atomic E-state index is 13.5. The van der Waals surface area contributed by atoms with Gasteiger partial charge in [-0.3, -0.25) is 0 Å². The molecule has 0 bridgehead atoms. The average Bonchev–Trinajstić information content (AvgIpc) is 2.73. The normalized spacial score (nSPS) is 10.6. The van der Waals surface area contributed by atoms with E-state index in [9.17, 15) is 8.78 Å². The summed E-state index contributed by atoms with van der Waals surface area (Å²) in [5.74, 6) is -0.913. The van der Waals surface area contributed by atoms with E-state index in [4.69, 9.17) is 10.2 Å². The summed E-state index contributed by atoms with van der Waals surface area (Å²) in [6.07, 6.45) is 0. The Balaban J connectivity index is 2.26. The van der Waals surface area contributed by atoms with Gasteiger partial charge >= 0.3 is 6.01 Å². The van der Waals surface area contributed by atoms with Gasteiger partial charge in [0.2, 0.25) is 5.89 Å². The summed E-state index contributed by atoms with van der Waals surface area (Å²) < 4.78 is 31.7. The molecule has 0 radical (unpaired) electrons. The fourth-order valence-corrected chi connectivity index (χ4v) is 1.24. The second-order valence-electron chi connectivity index (χ2n) is 3.41. The molecule has 1 heterocycles. The third kappa shape index (κ3) is 2.39. The van der Waals surface area contributed by atoms with Crippen LogP contribution in [0.5, 0.6) is 0 Å². The Morgan fingerprint density at radius 2 is 2.06 bits per heavy atom. The molecule has 5 nitrogen and oxygen atoms in total. The zero-order valence-corrected chi connectivity index (χ0v) is 9.00. The van der Waals surface area contributed by atoms with Crippen molar-refractivity contribution in [3.8, 4) is 0 Å². The smallest absolute Gasteiger partial charge is 0.320 e. The van der Waals surface area contributed by atoms with Crippen LogP contribution in [0.25, 0.3) is 0 Å². The number of nitrogens with two attached hydrogens (primary N) is 1. The fraction of sp³-hybridized carbons (Fsp3) is 0.200. The number of anilines is 2. The van der Waals surface area contributed by atoms with Gasteiger partial charge in [-0.25, -0.2) is 8.78 Å². The largest absolute Gasteiger partial charge is 0.406 e. The first kappa shape index (κ1) is 11.5. The van der Waals surface area contributed by atoms with Gasteiger partial charge in [0.25, 0.3) is 0 Å². The van der Waals surface area contributed by atoms with Gasteiger partial charge in [0.05, 0.1) is 12.2 Å².